The lowest BCUT2D eigenvalue weighted by atomic mass is 9.92. The molecular weight excluding hydrogens is 631 g/mol. The number of likely N-dealkylation sites (N-methyl/N-ethyl adjacent to an activating group) is 2. The van der Waals surface area contributed by atoms with Crippen LogP contribution in [0.3, 0.4) is 0 Å². The van der Waals surface area contributed by atoms with E-state index in [1.165, 1.54) is 0 Å². The minimum atomic E-state index is -0.504. The summed E-state index contributed by atoms with van der Waals surface area (Å²) in [7, 11) is 6.05. The molecule has 0 radical (unpaired) electrons. The lowest BCUT2D eigenvalue weighted by molar-refractivity contribution is -0.127. The van der Waals surface area contributed by atoms with Crippen LogP contribution in [0.2, 0.25) is 5.02 Å². The Kier molecular flexibility index (Phi) is 8.86. The maximum Gasteiger partial charge on any atom is 0.246 e. The normalized spacial score (nSPS) is 18.1. The summed E-state index contributed by atoms with van der Waals surface area (Å²) in [5.41, 5.74) is 4.67. The van der Waals surface area contributed by atoms with Crippen molar-refractivity contribution in [1.82, 2.24) is 39.7 Å². The number of pyridine rings is 1. The van der Waals surface area contributed by atoms with E-state index in [1.54, 1.807) is 18.5 Å². The van der Waals surface area contributed by atoms with Gasteiger partial charge in [0.25, 0.3) is 0 Å². The molecule has 48 heavy (non-hydrogen) atoms. The number of carbonyl (C=O) groups is 1. The Balaban J connectivity index is 1.32. The Morgan fingerprint density at radius 3 is 2.62 bits per heavy atom. The molecule has 0 aliphatic carbocycles. The summed E-state index contributed by atoms with van der Waals surface area (Å²) in [6, 6.07) is 4.09. The number of aromatic amines is 1. The molecule has 0 spiro atoms. The van der Waals surface area contributed by atoms with Crippen LogP contribution in [0, 0.1) is 19.7 Å². The summed E-state index contributed by atoms with van der Waals surface area (Å²) >= 11 is 7.04. The smallest absolute Gasteiger partial charge is 0.246 e. The third kappa shape index (κ3) is 5.82. The van der Waals surface area contributed by atoms with Gasteiger partial charge in [-0.2, -0.15) is 10.2 Å². The first-order valence-electron chi connectivity index (χ1n) is 16.7. The van der Waals surface area contributed by atoms with Crippen molar-refractivity contribution in [2.45, 2.75) is 51.6 Å². The van der Waals surface area contributed by atoms with E-state index < -0.39 is 5.82 Å². The summed E-state index contributed by atoms with van der Waals surface area (Å²) in [5, 5.41) is 14.5. The van der Waals surface area contributed by atoms with Gasteiger partial charge in [0.05, 0.1) is 39.9 Å². The van der Waals surface area contributed by atoms with Gasteiger partial charge in [0.15, 0.2) is 5.82 Å². The first-order chi connectivity index (χ1) is 23.1. The van der Waals surface area contributed by atoms with Gasteiger partial charge in [-0.3, -0.25) is 14.6 Å². The van der Waals surface area contributed by atoms with E-state index in [0.717, 1.165) is 52.3 Å². The van der Waals surface area contributed by atoms with Crippen molar-refractivity contribution in [3.05, 3.63) is 58.6 Å². The molecule has 2 fully saturated rings. The highest BCUT2D eigenvalue weighted by Crippen LogP contribution is 2.44. The van der Waals surface area contributed by atoms with Crippen molar-refractivity contribution in [3.8, 4) is 17.0 Å². The predicted molar refractivity (Wildman–Crippen MR) is 188 cm³/mol. The Hall–Kier alpha value is -4.06. The molecule has 2 saturated heterocycles. The number of aryl methyl sites for hydroxylation is 1. The lowest BCUT2D eigenvalue weighted by Crippen LogP contribution is -2.38. The summed E-state index contributed by atoms with van der Waals surface area (Å²) in [6.07, 6.45) is 10.6. The molecule has 252 valence electrons. The number of nitrogens with zero attached hydrogens (tertiary/aromatic N) is 7. The average Bonchev–Trinajstić information content (AvgIpc) is 3.82. The Bertz CT molecular complexity index is 2040. The second-order valence-corrected chi connectivity index (χ2v) is 14.0. The predicted octanol–water partition coefficient (Wildman–Crippen LogP) is 6.29. The number of ether oxygens (including phenoxy) is 1. The number of halogens is 2. The number of nitrogens with one attached hydrogen (secondary N) is 1. The van der Waals surface area contributed by atoms with Gasteiger partial charge in [0.2, 0.25) is 11.8 Å². The van der Waals surface area contributed by atoms with Crippen molar-refractivity contribution in [3.63, 3.8) is 0 Å². The standard InChI is InChI=1S/C36H42ClFN8O2/c1-21-16-29-26(18-39-42-29)31(22(21)2)32-28(37)17-25-34(33(32)38)41-36(48-20-24-8-6-13-44(24)5)27-19-40-46(35(25)27)23-10-14-45(15-11-23)30(47)9-7-12-43(3)4/h7,9,16-19,23-24H,6,8,10-15,20H2,1-5H3,(H,39,42)/b9-7+. The zero-order chi connectivity index (χ0) is 33.7. The number of likely N-dealkylation sites (tertiary alicyclic amines) is 2. The molecule has 7 rings (SSSR count). The van der Waals surface area contributed by atoms with E-state index in [1.807, 2.05) is 60.6 Å². The van der Waals surface area contributed by atoms with Gasteiger partial charge in [-0.1, -0.05) is 17.7 Å². The molecule has 1 atom stereocenters. The maximum absolute atomic E-state index is 17.1. The van der Waals surface area contributed by atoms with Crippen LogP contribution in [0.25, 0.3) is 43.8 Å². The van der Waals surface area contributed by atoms with Crippen LogP contribution in [-0.4, -0.2) is 106 Å². The number of amides is 1. The quantitative estimate of drug-likeness (QED) is 0.194. The minimum Gasteiger partial charge on any atom is -0.475 e. The number of aromatic nitrogens is 5. The number of rotatable bonds is 8. The van der Waals surface area contributed by atoms with Crippen LogP contribution in [0.5, 0.6) is 5.88 Å². The molecular formula is C36H42ClFN8O2. The maximum atomic E-state index is 17.1. The largest absolute Gasteiger partial charge is 0.475 e. The van der Waals surface area contributed by atoms with Gasteiger partial charge in [0.1, 0.15) is 12.1 Å². The summed E-state index contributed by atoms with van der Waals surface area (Å²) in [4.78, 5) is 23.9. The highest BCUT2D eigenvalue weighted by molar-refractivity contribution is 6.35. The molecule has 2 aliphatic rings. The van der Waals surface area contributed by atoms with Crippen molar-refractivity contribution >= 4 is 50.2 Å². The highest BCUT2D eigenvalue weighted by Gasteiger charge is 2.29. The fourth-order valence-corrected chi connectivity index (χ4v) is 7.57. The minimum absolute atomic E-state index is 0.00260. The third-order valence-corrected chi connectivity index (χ3v) is 10.4. The number of hydrogen-bond acceptors (Lipinski definition) is 7. The summed E-state index contributed by atoms with van der Waals surface area (Å²) in [6.45, 7) is 7.36. The molecule has 3 aromatic heterocycles. The van der Waals surface area contributed by atoms with Crippen molar-refractivity contribution in [1.29, 1.82) is 0 Å². The first kappa shape index (κ1) is 32.5. The average molecular weight is 673 g/mol. The van der Waals surface area contributed by atoms with Gasteiger partial charge in [-0.25, -0.2) is 9.37 Å². The molecule has 2 aliphatic heterocycles. The Labute approximate surface area is 284 Å². The van der Waals surface area contributed by atoms with Gasteiger partial charge in [-0.15, -0.1) is 0 Å². The Morgan fingerprint density at radius 1 is 1.10 bits per heavy atom. The molecule has 1 N–H and O–H groups in total. The SMILES string of the molecule is Cc1cc2[nH]ncc2c(-c2c(Cl)cc3c(nc(OCC4CCCN4C)c4cnn(C5CCN(C(=O)/C=C/CN(C)C)CC5)c43)c2F)c1C. The van der Waals surface area contributed by atoms with Crippen LogP contribution < -0.4 is 4.74 Å². The van der Waals surface area contributed by atoms with Crippen molar-refractivity contribution in [2.24, 2.45) is 0 Å². The van der Waals surface area contributed by atoms with E-state index in [2.05, 4.69) is 22.1 Å². The Morgan fingerprint density at radius 2 is 1.90 bits per heavy atom. The van der Waals surface area contributed by atoms with E-state index in [4.69, 9.17) is 26.4 Å². The monoisotopic (exact) mass is 672 g/mol. The highest BCUT2D eigenvalue weighted by atomic mass is 35.5. The fourth-order valence-electron chi connectivity index (χ4n) is 7.28. The second-order valence-electron chi connectivity index (χ2n) is 13.5. The molecule has 2 aromatic carbocycles. The van der Waals surface area contributed by atoms with Gasteiger partial charge < -0.3 is 19.4 Å². The summed E-state index contributed by atoms with van der Waals surface area (Å²) < 4.78 is 25.5. The molecule has 0 bridgehead atoms. The summed E-state index contributed by atoms with van der Waals surface area (Å²) in [5.74, 6) is -0.122. The zero-order valence-electron chi connectivity index (χ0n) is 28.2. The molecule has 5 heterocycles. The van der Waals surface area contributed by atoms with Crippen LogP contribution in [0.15, 0.2) is 36.7 Å². The number of hydrogen-bond donors (Lipinski definition) is 1. The number of carbonyl (C=O) groups excluding carboxylic acids is 1. The van der Waals surface area contributed by atoms with Gasteiger partial charge >= 0.3 is 0 Å². The lowest BCUT2D eigenvalue weighted by Gasteiger charge is -2.32. The van der Waals surface area contributed by atoms with Crippen LogP contribution in [0.1, 0.15) is 42.9 Å². The fraction of sp³-hybridized carbons (Fsp3) is 0.444. The zero-order valence-corrected chi connectivity index (χ0v) is 28.9. The van der Waals surface area contributed by atoms with Crippen molar-refractivity contribution in [2.75, 3.05) is 53.9 Å². The molecule has 5 aromatic rings. The van der Waals surface area contributed by atoms with Crippen LogP contribution in [-0.2, 0) is 4.79 Å². The number of benzene rings is 2. The molecule has 12 heteroatoms. The molecule has 1 amide bonds. The second kappa shape index (κ2) is 13.1. The number of fused-ring (bicyclic) bond motifs is 4. The van der Waals surface area contributed by atoms with E-state index in [0.29, 0.717) is 66.5 Å². The number of H-pyrrole nitrogens is 1. The topological polar surface area (TPSA) is 95.4 Å². The van der Waals surface area contributed by atoms with Crippen LogP contribution >= 0.6 is 11.6 Å². The molecule has 10 nitrogen and oxygen atoms in total. The third-order valence-electron chi connectivity index (χ3n) is 10.1. The first-order valence-corrected chi connectivity index (χ1v) is 17.1. The van der Waals surface area contributed by atoms with E-state index in [9.17, 15) is 4.79 Å². The van der Waals surface area contributed by atoms with E-state index in [-0.39, 0.29) is 23.5 Å². The van der Waals surface area contributed by atoms with Gasteiger partial charge in [-0.05, 0) is 90.5 Å². The van der Waals surface area contributed by atoms with Gasteiger partial charge in [0, 0.05) is 53.7 Å². The number of piperidine rings is 1. The van der Waals surface area contributed by atoms with E-state index >= 15 is 4.39 Å². The van der Waals surface area contributed by atoms with Crippen LogP contribution in [0.4, 0.5) is 4.39 Å². The van der Waals surface area contributed by atoms with Crippen molar-refractivity contribution < 1.29 is 13.9 Å². The molecule has 0 saturated carbocycles. The molecule has 1 unspecified atom stereocenters.